The fourth-order valence-corrected chi connectivity index (χ4v) is 2.10. The van der Waals surface area contributed by atoms with Gasteiger partial charge in [0, 0.05) is 0 Å². The number of aromatic nitrogens is 2. The maximum atomic E-state index is 13.1. The Morgan fingerprint density at radius 3 is 2.78 bits per heavy atom. The molecule has 0 spiro atoms. The van der Waals surface area contributed by atoms with E-state index in [0.29, 0.717) is 17.6 Å². The summed E-state index contributed by atoms with van der Waals surface area (Å²) in [6.07, 6.45) is 0.899. The van der Waals surface area contributed by atoms with E-state index in [1.54, 1.807) is 10.7 Å². The van der Waals surface area contributed by atoms with Crippen molar-refractivity contribution >= 4 is 11.6 Å². The zero-order valence-corrected chi connectivity index (χ0v) is 11.3. The average Bonchev–Trinajstić information content (AvgIpc) is 2.58. The van der Waals surface area contributed by atoms with Crippen LogP contribution in [0.3, 0.4) is 0 Å². The quantitative estimate of drug-likeness (QED) is 0.820. The highest BCUT2D eigenvalue weighted by Gasteiger charge is 2.08. The lowest BCUT2D eigenvalue weighted by atomic mass is 10.1. The number of hydrogen-bond donors (Lipinski definition) is 0. The Morgan fingerprint density at radius 1 is 1.33 bits per heavy atom. The summed E-state index contributed by atoms with van der Waals surface area (Å²) in [7, 11) is 0. The van der Waals surface area contributed by atoms with Crippen molar-refractivity contribution in [2.45, 2.75) is 26.8 Å². The van der Waals surface area contributed by atoms with Crippen LogP contribution in [0.25, 0.3) is 0 Å². The molecule has 0 radical (unpaired) electrons. The first-order valence-electron chi connectivity index (χ1n) is 6.01. The van der Waals surface area contributed by atoms with Gasteiger partial charge < -0.3 is 0 Å². The summed E-state index contributed by atoms with van der Waals surface area (Å²) in [4.78, 5) is 0. The smallest absolute Gasteiger partial charge is 0.127 e. The minimum absolute atomic E-state index is 0.238. The zero-order valence-electron chi connectivity index (χ0n) is 10.5. The van der Waals surface area contributed by atoms with E-state index in [-0.39, 0.29) is 5.82 Å². The van der Waals surface area contributed by atoms with Crippen LogP contribution in [-0.4, -0.2) is 9.78 Å². The van der Waals surface area contributed by atoms with Crippen LogP contribution in [0.2, 0.25) is 5.15 Å². The molecule has 0 fully saturated rings. The van der Waals surface area contributed by atoms with Crippen molar-refractivity contribution in [1.82, 2.24) is 9.78 Å². The molecule has 0 N–H and O–H groups in total. The third kappa shape index (κ3) is 3.33. The average molecular weight is 267 g/mol. The monoisotopic (exact) mass is 266 g/mol. The minimum atomic E-state index is -0.238. The summed E-state index contributed by atoms with van der Waals surface area (Å²) in [5, 5.41) is 5.03. The van der Waals surface area contributed by atoms with Gasteiger partial charge in [-0.25, -0.2) is 9.07 Å². The normalized spacial score (nSPS) is 11.2. The summed E-state index contributed by atoms with van der Waals surface area (Å²) < 4.78 is 14.8. The first kappa shape index (κ1) is 13.1. The van der Waals surface area contributed by atoms with Gasteiger partial charge in [0.25, 0.3) is 0 Å². The molecule has 0 atom stereocenters. The van der Waals surface area contributed by atoms with Gasteiger partial charge in [-0.05, 0) is 36.1 Å². The highest BCUT2D eigenvalue weighted by molar-refractivity contribution is 6.29. The number of benzene rings is 1. The number of nitrogens with zero attached hydrogens (tertiary/aromatic N) is 2. The molecule has 0 aliphatic carbocycles. The SMILES string of the molecule is CC(C)Cc1cc(Cl)n(Cc2cccc(F)c2)n1. The first-order chi connectivity index (χ1) is 8.54. The lowest BCUT2D eigenvalue weighted by Crippen LogP contribution is -2.03. The Hall–Kier alpha value is -1.35. The van der Waals surface area contributed by atoms with Crippen molar-refractivity contribution in [3.63, 3.8) is 0 Å². The van der Waals surface area contributed by atoms with Gasteiger partial charge in [0.05, 0.1) is 12.2 Å². The molecule has 1 aromatic carbocycles. The summed E-state index contributed by atoms with van der Waals surface area (Å²) in [6.45, 7) is 4.77. The van der Waals surface area contributed by atoms with Crippen LogP contribution in [0.15, 0.2) is 30.3 Å². The minimum Gasteiger partial charge on any atom is -0.249 e. The third-order valence-electron chi connectivity index (χ3n) is 2.62. The summed E-state index contributed by atoms with van der Waals surface area (Å²) in [5.74, 6) is 0.303. The second kappa shape index (κ2) is 5.53. The van der Waals surface area contributed by atoms with Gasteiger partial charge in [0.2, 0.25) is 0 Å². The molecule has 2 nitrogen and oxygen atoms in total. The molecule has 0 bridgehead atoms. The fourth-order valence-electron chi connectivity index (χ4n) is 1.88. The van der Waals surface area contributed by atoms with Crippen LogP contribution < -0.4 is 0 Å². The van der Waals surface area contributed by atoms with Crippen molar-refractivity contribution < 1.29 is 4.39 Å². The van der Waals surface area contributed by atoms with E-state index in [4.69, 9.17) is 11.6 Å². The first-order valence-corrected chi connectivity index (χ1v) is 6.39. The fraction of sp³-hybridized carbons (Fsp3) is 0.357. The van der Waals surface area contributed by atoms with Crippen molar-refractivity contribution in [3.8, 4) is 0 Å². The van der Waals surface area contributed by atoms with Gasteiger partial charge in [-0.3, -0.25) is 0 Å². The van der Waals surface area contributed by atoms with E-state index in [0.717, 1.165) is 17.7 Å². The van der Waals surface area contributed by atoms with Gasteiger partial charge >= 0.3 is 0 Å². The van der Waals surface area contributed by atoms with Crippen molar-refractivity contribution in [2.24, 2.45) is 5.92 Å². The van der Waals surface area contributed by atoms with Crippen molar-refractivity contribution in [1.29, 1.82) is 0 Å². The second-order valence-electron chi connectivity index (χ2n) is 4.84. The largest absolute Gasteiger partial charge is 0.249 e. The van der Waals surface area contributed by atoms with E-state index in [1.807, 2.05) is 12.1 Å². The van der Waals surface area contributed by atoms with Crippen LogP contribution >= 0.6 is 11.6 Å². The summed E-state index contributed by atoms with van der Waals surface area (Å²) in [6, 6.07) is 8.36. The third-order valence-corrected chi connectivity index (χ3v) is 2.92. The number of rotatable bonds is 4. The Balaban J connectivity index is 2.16. The van der Waals surface area contributed by atoms with Crippen LogP contribution in [0.5, 0.6) is 0 Å². The van der Waals surface area contributed by atoms with Gasteiger partial charge in [-0.1, -0.05) is 37.6 Å². The highest BCUT2D eigenvalue weighted by atomic mass is 35.5. The van der Waals surface area contributed by atoms with Gasteiger partial charge in [0.15, 0.2) is 0 Å². The van der Waals surface area contributed by atoms with E-state index in [1.165, 1.54) is 12.1 Å². The number of hydrogen-bond acceptors (Lipinski definition) is 1. The maximum absolute atomic E-state index is 13.1. The van der Waals surface area contributed by atoms with Crippen LogP contribution in [0.1, 0.15) is 25.1 Å². The van der Waals surface area contributed by atoms with Gasteiger partial charge in [0.1, 0.15) is 11.0 Å². The molecule has 1 heterocycles. The Bertz CT molecular complexity index is 534. The highest BCUT2D eigenvalue weighted by Crippen LogP contribution is 2.16. The van der Waals surface area contributed by atoms with E-state index >= 15 is 0 Å². The van der Waals surface area contributed by atoms with E-state index in [9.17, 15) is 4.39 Å². The van der Waals surface area contributed by atoms with E-state index in [2.05, 4.69) is 18.9 Å². The van der Waals surface area contributed by atoms with Gasteiger partial charge in [-0.2, -0.15) is 5.10 Å². The maximum Gasteiger partial charge on any atom is 0.127 e. The van der Waals surface area contributed by atoms with Crippen LogP contribution in [-0.2, 0) is 13.0 Å². The summed E-state index contributed by atoms with van der Waals surface area (Å²) in [5.41, 5.74) is 1.84. The second-order valence-corrected chi connectivity index (χ2v) is 5.23. The molecule has 1 aromatic heterocycles. The Labute approximate surface area is 111 Å². The molecule has 0 amide bonds. The molecule has 96 valence electrons. The molecule has 2 aromatic rings. The predicted octanol–water partition coefficient (Wildman–Crippen LogP) is 3.92. The Kier molecular flexibility index (Phi) is 4.02. The Morgan fingerprint density at radius 2 is 2.11 bits per heavy atom. The van der Waals surface area contributed by atoms with Crippen LogP contribution in [0.4, 0.5) is 4.39 Å². The lowest BCUT2D eigenvalue weighted by molar-refractivity contribution is 0.602. The topological polar surface area (TPSA) is 17.8 Å². The van der Waals surface area contributed by atoms with E-state index < -0.39 is 0 Å². The molecule has 18 heavy (non-hydrogen) atoms. The number of halogens is 2. The molecule has 0 unspecified atom stereocenters. The molecule has 0 saturated heterocycles. The predicted molar refractivity (Wildman–Crippen MR) is 71.3 cm³/mol. The molecule has 0 aliphatic heterocycles. The zero-order chi connectivity index (χ0) is 13.1. The molecule has 4 heteroatoms. The molecule has 2 rings (SSSR count). The molecule has 0 saturated carbocycles. The summed E-state index contributed by atoms with van der Waals surface area (Å²) >= 11 is 6.12. The van der Waals surface area contributed by atoms with Crippen molar-refractivity contribution in [3.05, 3.63) is 52.6 Å². The standard InChI is InChI=1S/C14H16ClFN2/c1-10(2)6-13-8-14(15)18(17-13)9-11-4-3-5-12(16)7-11/h3-5,7-8,10H,6,9H2,1-2H3. The lowest BCUT2D eigenvalue weighted by Gasteiger charge is -2.04. The molecular weight excluding hydrogens is 251 g/mol. The van der Waals surface area contributed by atoms with Gasteiger partial charge in [-0.15, -0.1) is 0 Å². The van der Waals surface area contributed by atoms with Crippen molar-refractivity contribution in [2.75, 3.05) is 0 Å². The van der Waals surface area contributed by atoms with Crippen LogP contribution in [0, 0.1) is 11.7 Å². The molecule has 0 aliphatic rings. The molecular formula is C14H16ClFN2.